The Kier molecular flexibility index (Phi) is 8.85. The molecule has 0 N–H and O–H groups in total. The second-order valence-electron chi connectivity index (χ2n) is 9.43. The molecule has 10 heteroatoms. The molecule has 3 aromatic carbocycles. The van der Waals surface area contributed by atoms with Crippen LogP contribution in [0.25, 0.3) is 6.08 Å². The molecule has 0 aliphatic carbocycles. The van der Waals surface area contributed by atoms with Gasteiger partial charge in [-0.25, -0.2) is 9.79 Å². The van der Waals surface area contributed by atoms with Crippen LogP contribution in [0.4, 0.5) is 0 Å². The third kappa shape index (κ3) is 6.21. The van der Waals surface area contributed by atoms with Gasteiger partial charge in [0.2, 0.25) is 0 Å². The zero-order valence-corrected chi connectivity index (χ0v) is 26.3. The minimum atomic E-state index is -0.681. The number of benzene rings is 3. The van der Waals surface area contributed by atoms with Crippen molar-refractivity contribution in [2.45, 2.75) is 33.4 Å². The highest BCUT2D eigenvalue weighted by molar-refractivity contribution is 9.10. The number of fused-ring (bicyclic) bond motifs is 1. The molecule has 1 aliphatic heterocycles. The van der Waals surface area contributed by atoms with Crippen LogP contribution in [0.15, 0.2) is 86.2 Å². The largest absolute Gasteiger partial charge is 0.487 e. The smallest absolute Gasteiger partial charge is 0.338 e. The Hall–Kier alpha value is -3.17. The van der Waals surface area contributed by atoms with Crippen LogP contribution in [0.1, 0.15) is 42.1 Å². The van der Waals surface area contributed by atoms with Crippen molar-refractivity contribution in [1.82, 2.24) is 4.57 Å². The minimum Gasteiger partial charge on any atom is -0.487 e. The number of aryl methyl sites for hydroxylation is 1. The van der Waals surface area contributed by atoms with Gasteiger partial charge >= 0.3 is 5.97 Å². The summed E-state index contributed by atoms with van der Waals surface area (Å²) in [5.74, 6) is 0.0407. The van der Waals surface area contributed by atoms with Crippen molar-refractivity contribution in [1.29, 1.82) is 0 Å². The molecule has 1 atom stereocenters. The van der Waals surface area contributed by atoms with Crippen LogP contribution in [0.3, 0.4) is 0 Å². The number of rotatable bonds is 7. The lowest BCUT2D eigenvalue weighted by Crippen LogP contribution is -2.39. The molecular weight excluding hydrogens is 647 g/mol. The number of thiazole rings is 1. The van der Waals surface area contributed by atoms with E-state index in [2.05, 4.69) is 20.9 Å². The fraction of sp³-hybridized carbons (Fsp3) is 0.194. The Bertz CT molecular complexity index is 1850. The SMILES string of the molecule is CCOC(=O)C1=C(C)N=c2s/c(=C\c3cc(Cl)cc(Br)c3OCc3ccc(Cl)cc3)c(=O)n2[C@@H]1c1ccc(C)cc1. The van der Waals surface area contributed by atoms with Crippen molar-refractivity contribution >= 4 is 62.5 Å². The van der Waals surface area contributed by atoms with E-state index in [1.54, 1.807) is 48.8 Å². The molecule has 1 aliphatic rings. The lowest BCUT2D eigenvalue weighted by molar-refractivity contribution is -0.139. The zero-order chi connectivity index (χ0) is 29.3. The molecule has 0 unspecified atom stereocenters. The standard InChI is InChI=1S/C31H25BrCl2N2O4S/c1-4-39-30(38)26-18(3)35-31-36(27(26)20-9-5-17(2)6-10-20)29(37)25(41-31)14-21-13-23(34)15-24(32)28(21)40-16-19-7-11-22(33)12-8-19/h5-15,27H,4,16H2,1-3H3/b25-14-/t27-/m1/s1. The zero-order valence-electron chi connectivity index (χ0n) is 22.4. The number of aromatic nitrogens is 1. The Balaban J connectivity index is 1.64. The van der Waals surface area contributed by atoms with Gasteiger partial charge in [-0.2, -0.15) is 0 Å². The van der Waals surface area contributed by atoms with Gasteiger partial charge in [-0.15, -0.1) is 0 Å². The molecule has 2 heterocycles. The summed E-state index contributed by atoms with van der Waals surface area (Å²) in [6.07, 6.45) is 1.74. The molecule has 6 nitrogen and oxygen atoms in total. The van der Waals surface area contributed by atoms with E-state index in [-0.39, 0.29) is 18.8 Å². The van der Waals surface area contributed by atoms with Crippen molar-refractivity contribution in [3.63, 3.8) is 0 Å². The third-order valence-corrected chi connectivity index (χ3v) is 8.57. The fourth-order valence-corrected chi connectivity index (χ4v) is 6.68. The van der Waals surface area contributed by atoms with E-state index >= 15 is 0 Å². The average molecular weight is 672 g/mol. The van der Waals surface area contributed by atoms with Gasteiger partial charge in [0.25, 0.3) is 5.56 Å². The molecule has 0 bridgehead atoms. The summed E-state index contributed by atoms with van der Waals surface area (Å²) < 4.78 is 14.2. The minimum absolute atomic E-state index is 0.211. The van der Waals surface area contributed by atoms with Gasteiger partial charge in [-0.3, -0.25) is 9.36 Å². The Morgan fingerprint density at radius 2 is 1.78 bits per heavy atom. The molecule has 0 saturated carbocycles. The van der Waals surface area contributed by atoms with Crippen LogP contribution in [0.5, 0.6) is 5.75 Å². The summed E-state index contributed by atoms with van der Waals surface area (Å²) in [5, 5.41) is 1.12. The molecule has 41 heavy (non-hydrogen) atoms. The first-order valence-electron chi connectivity index (χ1n) is 12.8. The maximum Gasteiger partial charge on any atom is 0.338 e. The van der Waals surface area contributed by atoms with Gasteiger partial charge in [0.15, 0.2) is 4.80 Å². The van der Waals surface area contributed by atoms with Crippen molar-refractivity contribution in [3.8, 4) is 5.75 Å². The number of esters is 1. The summed E-state index contributed by atoms with van der Waals surface area (Å²) in [4.78, 5) is 32.2. The van der Waals surface area contributed by atoms with E-state index in [1.165, 1.54) is 11.3 Å². The first-order valence-corrected chi connectivity index (χ1v) is 15.1. The van der Waals surface area contributed by atoms with Crippen molar-refractivity contribution in [3.05, 3.63) is 128 Å². The highest BCUT2D eigenvalue weighted by Crippen LogP contribution is 2.34. The third-order valence-electron chi connectivity index (χ3n) is 6.53. The number of hydrogen-bond acceptors (Lipinski definition) is 6. The van der Waals surface area contributed by atoms with Crippen LogP contribution < -0.4 is 19.6 Å². The average Bonchev–Trinajstić information content (AvgIpc) is 3.23. The van der Waals surface area contributed by atoms with Gasteiger partial charge in [-0.05, 0) is 78.2 Å². The van der Waals surface area contributed by atoms with Crippen molar-refractivity contribution in [2.75, 3.05) is 6.61 Å². The highest BCUT2D eigenvalue weighted by atomic mass is 79.9. The molecule has 0 fully saturated rings. The normalized spacial score (nSPS) is 15.0. The number of ether oxygens (including phenoxy) is 2. The molecule has 0 spiro atoms. The molecule has 1 aromatic heterocycles. The number of halogens is 3. The van der Waals surface area contributed by atoms with E-state index < -0.39 is 12.0 Å². The van der Waals surface area contributed by atoms with Gasteiger partial charge in [0, 0.05) is 15.6 Å². The van der Waals surface area contributed by atoms with Gasteiger partial charge in [-0.1, -0.05) is 76.5 Å². The topological polar surface area (TPSA) is 69.9 Å². The van der Waals surface area contributed by atoms with E-state index in [0.29, 0.717) is 46.4 Å². The van der Waals surface area contributed by atoms with Crippen molar-refractivity contribution in [2.24, 2.45) is 4.99 Å². The summed E-state index contributed by atoms with van der Waals surface area (Å²) >= 11 is 17.2. The summed E-state index contributed by atoms with van der Waals surface area (Å²) in [6.45, 7) is 6.00. The number of carbonyl (C=O) groups excluding carboxylic acids is 1. The summed E-state index contributed by atoms with van der Waals surface area (Å²) in [6, 6.07) is 17.9. The van der Waals surface area contributed by atoms with Crippen LogP contribution in [0.2, 0.25) is 10.0 Å². The second-order valence-corrected chi connectivity index (χ2v) is 12.2. The molecule has 5 rings (SSSR count). The molecule has 0 amide bonds. The van der Waals surface area contributed by atoms with E-state index in [9.17, 15) is 9.59 Å². The highest BCUT2D eigenvalue weighted by Gasteiger charge is 2.33. The first-order chi connectivity index (χ1) is 19.7. The Morgan fingerprint density at radius 1 is 1.07 bits per heavy atom. The van der Waals surface area contributed by atoms with Crippen molar-refractivity contribution < 1.29 is 14.3 Å². The van der Waals surface area contributed by atoms with Gasteiger partial charge < -0.3 is 9.47 Å². The Labute approximate surface area is 259 Å². The molecular formula is C31H25BrCl2N2O4S. The monoisotopic (exact) mass is 670 g/mol. The van der Waals surface area contributed by atoms with Crippen LogP contribution in [-0.2, 0) is 16.1 Å². The predicted molar refractivity (Wildman–Crippen MR) is 167 cm³/mol. The van der Waals surface area contributed by atoms with E-state index in [4.69, 9.17) is 32.7 Å². The van der Waals surface area contributed by atoms with Gasteiger partial charge in [0.05, 0.1) is 32.9 Å². The van der Waals surface area contributed by atoms with Gasteiger partial charge in [0.1, 0.15) is 12.4 Å². The number of allylic oxidation sites excluding steroid dienone is 1. The second kappa shape index (κ2) is 12.4. The van der Waals surface area contributed by atoms with Crippen LogP contribution >= 0.6 is 50.5 Å². The predicted octanol–water partition coefficient (Wildman–Crippen LogP) is 6.76. The first kappa shape index (κ1) is 29.3. The lowest BCUT2D eigenvalue weighted by atomic mass is 9.95. The number of nitrogens with zero attached hydrogens (tertiary/aromatic N) is 2. The van der Waals surface area contributed by atoms with Crippen LogP contribution in [-0.4, -0.2) is 17.1 Å². The summed E-state index contributed by atoms with van der Waals surface area (Å²) in [7, 11) is 0. The maximum absolute atomic E-state index is 14.0. The Morgan fingerprint density at radius 3 is 2.46 bits per heavy atom. The molecule has 0 radical (unpaired) electrons. The molecule has 210 valence electrons. The van der Waals surface area contributed by atoms with Crippen LogP contribution in [0, 0.1) is 6.92 Å². The van der Waals surface area contributed by atoms with E-state index in [1.807, 2.05) is 43.3 Å². The molecule has 0 saturated heterocycles. The van der Waals surface area contributed by atoms with E-state index in [0.717, 1.165) is 16.7 Å². The maximum atomic E-state index is 14.0. The number of hydrogen-bond donors (Lipinski definition) is 0. The molecule has 4 aromatic rings. The summed E-state index contributed by atoms with van der Waals surface area (Å²) in [5.41, 5.74) is 3.98. The number of carbonyl (C=O) groups is 1. The quantitative estimate of drug-likeness (QED) is 0.204. The fourth-order valence-electron chi connectivity index (χ4n) is 4.57. The lowest BCUT2D eigenvalue weighted by Gasteiger charge is -2.24.